The normalized spacial score (nSPS) is 16.3. The van der Waals surface area contributed by atoms with E-state index in [-0.39, 0.29) is 14.9 Å². The summed E-state index contributed by atoms with van der Waals surface area (Å²) in [5.74, 6) is -0.663. The van der Waals surface area contributed by atoms with Crippen LogP contribution in [0.1, 0.15) is 31.9 Å². The molecule has 10 heteroatoms. The van der Waals surface area contributed by atoms with Crippen LogP contribution in [0.5, 0.6) is 0 Å². The Morgan fingerprint density at radius 3 is 2.63 bits per heavy atom. The number of nitro groups is 1. The third kappa shape index (κ3) is 4.60. The Balaban J connectivity index is 1.80. The molecule has 1 saturated heterocycles. The molecule has 0 radical (unpaired) electrons. The number of benzene rings is 1. The number of amides is 1. The van der Waals surface area contributed by atoms with Crippen molar-refractivity contribution in [3.8, 4) is 11.3 Å². The number of nitrogens with zero attached hydrogens (tertiary/aromatic N) is 2. The van der Waals surface area contributed by atoms with Crippen molar-refractivity contribution >= 4 is 51.9 Å². The van der Waals surface area contributed by atoms with Crippen molar-refractivity contribution in [1.82, 2.24) is 4.90 Å². The lowest BCUT2D eigenvalue weighted by molar-refractivity contribution is -0.384. The standard InChI is InChI=1S/C20H18N2O6S2/c1-2-3-4-15(19(24)25)21-18(23)17(30-20(21)29)11-14-9-10-16(28-14)12-5-7-13(8-6-12)22(26)27/h5-11,15H,2-4H2,1H3,(H,24,25)/b17-11+/t15-/m0/s1. The van der Waals surface area contributed by atoms with Crippen molar-refractivity contribution in [3.63, 3.8) is 0 Å². The topological polar surface area (TPSA) is 114 Å². The van der Waals surface area contributed by atoms with Crippen LogP contribution in [0.4, 0.5) is 5.69 Å². The fourth-order valence-corrected chi connectivity index (χ4v) is 4.31. The molecular weight excluding hydrogens is 428 g/mol. The van der Waals surface area contributed by atoms with Gasteiger partial charge in [-0.3, -0.25) is 19.8 Å². The highest BCUT2D eigenvalue weighted by Gasteiger charge is 2.40. The minimum Gasteiger partial charge on any atom is -0.480 e. The van der Waals surface area contributed by atoms with Crippen LogP contribution < -0.4 is 0 Å². The fraction of sp³-hybridized carbons (Fsp3) is 0.250. The van der Waals surface area contributed by atoms with Gasteiger partial charge in [-0.05, 0) is 30.7 Å². The van der Waals surface area contributed by atoms with Gasteiger partial charge in [-0.1, -0.05) is 43.7 Å². The second-order valence-corrected chi connectivity index (χ2v) is 8.23. The van der Waals surface area contributed by atoms with E-state index in [2.05, 4.69) is 0 Å². The van der Waals surface area contributed by atoms with E-state index in [1.165, 1.54) is 18.2 Å². The number of thiocarbonyl (C=S) groups is 1. The van der Waals surface area contributed by atoms with Gasteiger partial charge in [0, 0.05) is 23.8 Å². The highest BCUT2D eigenvalue weighted by molar-refractivity contribution is 8.26. The summed E-state index contributed by atoms with van der Waals surface area (Å²) in [7, 11) is 0. The van der Waals surface area contributed by atoms with E-state index < -0.39 is 22.8 Å². The molecule has 0 saturated carbocycles. The summed E-state index contributed by atoms with van der Waals surface area (Å²) < 4.78 is 5.94. The van der Waals surface area contributed by atoms with Gasteiger partial charge in [0.25, 0.3) is 11.6 Å². The zero-order valence-electron chi connectivity index (χ0n) is 15.9. The van der Waals surface area contributed by atoms with Crippen molar-refractivity contribution in [3.05, 3.63) is 57.2 Å². The van der Waals surface area contributed by atoms with E-state index in [1.807, 2.05) is 6.92 Å². The van der Waals surface area contributed by atoms with E-state index in [1.54, 1.807) is 24.3 Å². The molecule has 3 rings (SSSR count). The molecule has 30 heavy (non-hydrogen) atoms. The Bertz CT molecular complexity index is 1030. The van der Waals surface area contributed by atoms with Gasteiger partial charge in [0.2, 0.25) is 0 Å². The minimum absolute atomic E-state index is 0.0229. The van der Waals surface area contributed by atoms with E-state index in [0.717, 1.165) is 23.1 Å². The Labute approximate surface area is 181 Å². The molecule has 1 aromatic heterocycles. The number of rotatable bonds is 8. The summed E-state index contributed by atoms with van der Waals surface area (Å²) in [5.41, 5.74) is 0.628. The van der Waals surface area contributed by atoms with Gasteiger partial charge in [-0.2, -0.15) is 0 Å². The van der Waals surface area contributed by atoms with Gasteiger partial charge >= 0.3 is 5.97 Å². The van der Waals surface area contributed by atoms with Crippen LogP contribution >= 0.6 is 24.0 Å². The van der Waals surface area contributed by atoms with Crippen molar-refractivity contribution in [1.29, 1.82) is 0 Å². The van der Waals surface area contributed by atoms with E-state index >= 15 is 0 Å². The Morgan fingerprint density at radius 1 is 1.33 bits per heavy atom. The summed E-state index contributed by atoms with van der Waals surface area (Å²) in [5, 5.41) is 20.3. The summed E-state index contributed by atoms with van der Waals surface area (Å²) in [6, 6.07) is 8.27. The number of carbonyl (C=O) groups is 2. The number of hydrogen-bond donors (Lipinski definition) is 1. The Morgan fingerprint density at radius 2 is 2.03 bits per heavy atom. The number of hydrogen-bond acceptors (Lipinski definition) is 7. The molecule has 1 amide bonds. The third-order valence-electron chi connectivity index (χ3n) is 4.51. The lowest BCUT2D eigenvalue weighted by Gasteiger charge is -2.22. The maximum Gasteiger partial charge on any atom is 0.326 e. The molecule has 156 valence electrons. The Kier molecular flexibility index (Phi) is 6.68. The minimum atomic E-state index is -1.08. The van der Waals surface area contributed by atoms with Crippen molar-refractivity contribution in [2.24, 2.45) is 0 Å². The summed E-state index contributed by atoms with van der Waals surface area (Å²) in [4.78, 5) is 36.1. The maximum atomic E-state index is 12.8. The van der Waals surface area contributed by atoms with E-state index in [4.69, 9.17) is 16.6 Å². The highest BCUT2D eigenvalue weighted by atomic mass is 32.2. The van der Waals surface area contributed by atoms with Crippen molar-refractivity contribution in [2.45, 2.75) is 32.2 Å². The molecule has 1 aliphatic rings. The van der Waals surface area contributed by atoms with Crippen LogP contribution in [0, 0.1) is 10.1 Å². The zero-order chi connectivity index (χ0) is 21.8. The first kappa shape index (κ1) is 21.7. The largest absolute Gasteiger partial charge is 0.480 e. The lowest BCUT2D eigenvalue weighted by atomic mass is 10.1. The zero-order valence-corrected chi connectivity index (χ0v) is 17.6. The molecule has 2 heterocycles. The molecule has 1 atom stereocenters. The summed E-state index contributed by atoms with van der Waals surface area (Å²) >= 11 is 6.29. The second-order valence-electron chi connectivity index (χ2n) is 6.55. The van der Waals surface area contributed by atoms with Crippen LogP contribution in [0.25, 0.3) is 17.4 Å². The van der Waals surface area contributed by atoms with Gasteiger partial charge in [0.1, 0.15) is 21.9 Å². The number of aliphatic carboxylic acids is 1. The number of carboxylic acid groups (broad SMARTS) is 1. The van der Waals surface area contributed by atoms with Crippen LogP contribution in [0.15, 0.2) is 45.7 Å². The summed E-state index contributed by atoms with van der Waals surface area (Å²) in [6.07, 6.45) is 3.33. The number of non-ortho nitro benzene ring substituents is 1. The van der Waals surface area contributed by atoms with Gasteiger partial charge in [0.05, 0.1) is 9.83 Å². The quantitative estimate of drug-likeness (QED) is 0.269. The second kappa shape index (κ2) is 9.23. The van der Waals surface area contributed by atoms with E-state index in [9.17, 15) is 24.8 Å². The number of nitro benzene ring substituents is 1. The van der Waals surface area contributed by atoms with Gasteiger partial charge in [-0.25, -0.2) is 4.79 Å². The highest BCUT2D eigenvalue weighted by Crippen LogP contribution is 2.36. The maximum absolute atomic E-state index is 12.8. The lowest BCUT2D eigenvalue weighted by Crippen LogP contribution is -2.43. The molecule has 1 fully saturated rings. The van der Waals surface area contributed by atoms with Crippen LogP contribution in [0.2, 0.25) is 0 Å². The number of furan rings is 1. The predicted octanol–water partition coefficient (Wildman–Crippen LogP) is 4.70. The van der Waals surface area contributed by atoms with Gasteiger partial charge < -0.3 is 9.52 Å². The first-order chi connectivity index (χ1) is 14.3. The number of unbranched alkanes of at least 4 members (excludes halogenated alkanes) is 1. The van der Waals surface area contributed by atoms with Crippen molar-refractivity contribution < 1.29 is 24.0 Å². The molecule has 0 aliphatic carbocycles. The summed E-state index contributed by atoms with van der Waals surface area (Å²) in [6.45, 7) is 1.95. The third-order valence-corrected chi connectivity index (χ3v) is 5.84. The number of carboxylic acids is 1. The van der Waals surface area contributed by atoms with Crippen LogP contribution in [-0.2, 0) is 9.59 Å². The average Bonchev–Trinajstić information content (AvgIpc) is 3.28. The van der Waals surface area contributed by atoms with Crippen molar-refractivity contribution in [2.75, 3.05) is 0 Å². The molecular formula is C20H18N2O6S2. The molecule has 1 aromatic carbocycles. The number of carbonyl (C=O) groups excluding carboxylic acids is 1. The number of thioether (sulfide) groups is 1. The monoisotopic (exact) mass is 446 g/mol. The SMILES string of the molecule is CCCC[C@@H](C(=O)O)N1C(=O)/C(=C\c2ccc(-c3ccc([N+](=O)[O-])cc3)o2)SC1=S. The molecule has 1 N–H and O–H groups in total. The first-order valence-electron chi connectivity index (χ1n) is 9.16. The smallest absolute Gasteiger partial charge is 0.326 e. The molecule has 0 bridgehead atoms. The average molecular weight is 447 g/mol. The predicted molar refractivity (Wildman–Crippen MR) is 117 cm³/mol. The molecule has 0 unspecified atom stereocenters. The van der Waals surface area contributed by atoms with Crippen LogP contribution in [-0.4, -0.2) is 37.2 Å². The van der Waals surface area contributed by atoms with Gasteiger partial charge in [0.15, 0.2) is 0 Å². The molecule has 1 aliphatic heterocycles. The molecule has 2 aromatic rings. The van der Waals surface area contributed by atoms with Gasteiger partial charge in [-0.15, -0.1) is 0 Å². The molecule has 0 spiro atoms. The molecule has 8 nitrogen and oxygen atoms in total. The first-order valence-corrected chi connectivity index (χ1v) is 10.4. The Hall–Kier alpha value is -2.98. The van der Waals surface area contributed by atoms with E-state index in [0.29, 0.717) is 29.9 Å². The van der Waals surface area contributed by atoms with Crippen LogP contribution in [0.3, 0.4) is 0 Å². The fourth-order valence-electron chi connectivity index (χ4n) is 2.97.